The Labute approximate surface area is 378 Å². The van der Waals surface area contributed by atoms with E-state index in [1.54, 1.807) is 30.3 Å². The number of primary amides is 1. The van der Waals surface area contributed by atoms with E-state index in [9.17, 15) is 38.4 Å². The Bertz CT molecular complexity index is 1890. The predicted octanol–water partition coefficient (Wildman–Crippen LogP) is -3.41. The molecule has 0 aliphatic carbocycles. The fraction of sp³-hybridized carbons (Fsp3) is 0.571. The number of aromatic nitrogens is 2. The lowest BCUT2D eigenvalue weighted by molar-refractivity contribution is -0.135. The Morgan fingerprint density at radius 1 is 0.831 bits per heavy atom. The van der Waals surface area contributed by atoms with Crippen molar-refractivity contribution in [2.24, 2.45) is 33.7 Å². The smallest absolute Gasteiger partial charge is 0.243 e. The van der Waals surface area contributed by atoms with Crippen LogP contribution in [0.4, 0.5) is 0 Å². The van der Waals surface area contributed by atoms with Gasteiger partial charge < -0.3 is 70.9 Å². The summed E-state index contributed by atoms with van der Waals surface area (Å²) in [5.74, 6) is -6.22. The molecule has 1 aliphatic rings. The quantitative estimate of drug-likeness (QED) is 0.0350. The van der Waals surface area contributed by atoms with Gasteiger partial charge in [0.1, 0.15) is 36.3 Å². The lowest BCUT2D eigenvalue weighted by Gasteiger charge is -2.27. The number of rotatable bonds is 20. The summed E-state index contributed by atoms with van der Waals surface area (Å²) in [4.78, 5) is 121. The van der Waals surface area contributed by atoms with E-state index in [4.69, 9.17) is 28.7 Å². The van der Waals surface area contributed by atoms with Crippen LogP contribution in [0, 0.1) is 0 Å². The first-order chi connectivity index (χ1) is 31.1. The van der Waals surface area contributed by atoms with Crippen LogP contribution < -0.4 is 65.9 Å². The monoisotopic (exact) mass is 910 g/mol. The number of guanidine groups is 1. The van der Waals surface area contributed by atoms with Gasteiger partial charge in [-0.15, -0.1) is 0 Å². The normalized spacial score (nSPS) is 21.3. The molecule has 0 bridgehead atoms. The van der Waals surface area contributed by atoms with E-state index < -0.39 is 89.6 Å². The topological polar surface area (TPSA) is 392 Å². The highest BCUT2D eigenvalue weighted by Gasteiger charge is 2.34. The van der Waals surface area contributed by atoms with Gasteiger partial charge in [0, 0.05) is 44.2 Å². The van der Waals surface area contributed by atoms with Gasteiger partial charge in [-0.2, -0.15) is 0 Å². The fourth-order valence-electron chi connectivity index (χ4n) is 6.89. The average Bonchev–Trinajstić information content (AvgIpc) is 3.79. The number of hydrogen-bond acceptors (Lipinski definition) is 12. The lowest BCUT2D eigenvalue weighted by Crippen LogP contribution is -2.60. The van der Waals surface area contributed by atoms with Crippen LogP contribution in [-0.4, -0.2) is 125 Å². The van der Waals surface area contributed by atoms with Crippen molar-refractivity contribution < 1.29 is 38.4 Å². The van der Waals surface area contributed by atoms with E-state index in [-0.39, 0.29) is 70.4 Å². The zero-order valence-corrected chi connectivity index (χ0v) is 36.9. The van der Waals surface area contributed by atoms with Crippen LogP contribution in [0.25, 0.3) is 0 Å². The van der Waals surface area contributed by atoms with Crippen molar-refractivity contribution in [3.05, 3.63) is 54.1 Å². The highest BCUT2D eigenvalue weighted by Crippen LogP contribution is 2.11. The van der Waals surface area contributed by atoms with Gasteiger partial charge in [-0.3, -0.25) is 43.3 Å². The highest BCUT2D eigenvalue weighted by molar-refractivity contribution is 5.97. The van der Waals surface area contributed by atoms with Gasteiger partial charge in [0.05, 0.1) is 12.4 Å². The molecule has 358 valence electrons. The minimum Gasteiger partial charge on any atom is -0.370 e. The third-order valence-corrected chi connectivity index (χ3v) is 10.6. The second-order valence-corrected chi connectivity index (χ2v) is 15.9. The van der Waals surface area contributed by atoms with Gasteiger partial charge in [0.15, 0.2) is 5.96 Å². The average molecular weight is 910 g/mol. The third-order valence-electron chi connectivity index (χ3n) is 10.6. The molecule has 1 aromatic carbocycles. The number of aliphatic imine (C=N–C) groups is 1. The molecule has 2 heterocycles. The van der Waals surface area contributed by atoms with Crippen molar-refractivity contribution in [3.8, 4) is 0 Å². The van der Waals surface area contributed by atoms with E-state index in [2.05, 4.69) is 52.2 Å². The number of carbonyl (C=O) groups is 8. The molecule has 23 nitrogen and oxygen atoms in total. The number of amides is 8. The molecule has 0 radical (unpaired) electrons. The maximum Gasteiger partial charge on any atom is 0.243 e. The van der Waals surface area contributed by atoms with Crippen molar-refractivity contribution in [3.63, 3.8) is 0 Å². The molecule has 2 aromatic rings. The number of H-pyrrole nitrogens is 1. The molecule has 23 heteroatoms. The zero-order valence-electron chi connectivity index (χ0n) is 36.9. The molecule has 65 heavy (non-hydrogen) atoms. The van der Waals surface area contributed by atoms with Crippen molar-refractivity contribution in [2.75, 3.05) is 19.6 Å². The predicted molar refractivity (Wildman–Crippen MR) is 240 cm³/mol. The zero-order chi connectivity index (χ0) is 47.7. The number of hydrogen-bond donors (Lipinski definition) is 13. The molecular formula is C42H67N15O8. The second kappa shape index (κ2) is 28.2. The summed E-state index contributed by atoms with van der Waals surface area (Å²) in [6, 6.07) is -0.0586. The van der Waals surface area contributed by atoms with Crippen molar-refractivity contribution >= 4 is 53.2 Å². The minimum absolute atomic E-state index is 0.0395. The number of nitrogens with zero attached hydrogens (tertiary/aromatic N) is 2. The maximum atomic E-state index is 14.4. The van der Waals surface area contributed by atoms with E-state index in [1.807, 2.05) is 6.92 Å². The summed E-state index contributed by atoms with van der Waals surface area (Å²) >= 11 is 0. The standard InChI is InChI=1S/C42H67N15O8/c1-2-3-12-27(44)36(60)53-30-15-16-34(58)49-20-17-31(39(63)52-28(35(45)59)13-7-8-18-43)55-37(61)29(14-9-19-50-42(46)47)54-40(64)32(21-25-10-5-4-6-11-25)56-41(65)33(57-38(30)62)22-26-23-48-24-51-26/h4-6,10-11,23-24,27-33H,2-3,7-9,12-22,43-44H2,1H3,(H2,45,59)(H,48,51)(H,49,58)(H,52,63)(H,53,60)(H,54,64)(H,55,61)(H,56,65)(H,57,62)(H4,46,47,50)/t27-,28-,29-,30?,31-,32?,33-/m0/s1. The summed E-state index contributed by atoms with van der Waals surface area (Å²) in [7, 11) is 0. The van der Waals surface area contributed by atoms with Crippen LogP contribution in [0.1, 0.15) is 88.8 Å². The molecule has 3 rings (SSSR count). The molecule has 7 atom stereocenters. The Morgan fingerprint density at radius 2 is 1.51 bits per heavy atom. The Balaban J connectivity index is 2.09. The molecule has 2 unspecified atom stereocenters. The lowest BCUT2D eigenvalue weighted by atomic mass is 10.0. The minimum atomic E-state index is -1.37. The van der Waals surface area contributed by atoms with Crippen LogP contribution in [0.2, 0.25) is 0 Å². The summed E-state index contributed by atoms with van der Waals surface area (Å²) in [5.41, 5.74) is 29.5. The number of carbonyl (C=O) groups excluding carboxylic acids is 8. The summed E-state index contributed by atoms with van der Waals surface area (Å²) in [5, 5.41) is 18.7. The second-order valence-electron chi connectivity index (χ2n) is 15.9. The highest BCUT2D eigenvalue weighted by atomic mass is 16.2. The first-order valence-corrected chi connectivity index (χ1v) is 22.0. The number of nitrogens with one attached hydrogen (secondary N) is 8. The van der Waals surface area contributed by atoms with E-state index in [1.165, 1.54) is 12.5 Å². The summed E-state index contributed by atoms with van der Waals surface area (Å²) < 4.78 is 0. The van der Waals surface area contributed by atoms with Crippen molar-refractivity contribution in [1.29, 1.82) is 0 Å². The van der Waals surface area contributed by atoms with E-state index >= 15 is 0 Å². The first kappa shape index (κ1) is 52.7. The first-order valence-electron chi connectivity index (χ1n) is 22.0. The molecule has 1 saturated heterocycles. The van der Waals surface area contributed by atoms with Gasteiger partial charge in [0.25, 0.3) is 0 Å². The largest absolute Gasteiger partial charge is 0.370 e. The van der Waals surface area contributed by atoms with Crippen LogP contribution in [0.3, 0.4) is 0 Å². The molecule has 0 spiro atoms. The molecular weight excluding hydrogens is 843 g/mol. The maximum absolute atomic E-state index is 14.4. The van der Waals surface area contributed by atoms with Crippen LogP contribution in [-0.2, 0) is 51.2 Å². The van der Waals surface area contributed by atoms with Gasteiger partial charge in [0.2, 0.25) is 47.3 Å². The van der Waals surface area contributed by atoms with Crippen molar-refractivity contribution in [2.45, 2.75) is 133 Å². The van der Waals surface area contributed by atoms with Crippen LogP contribution in [0.5, 0.6) is 0 Å². The molecule has 18 N–H and O–H groups in total. The van der Waals surface area contributed by atoms with Crippen LogP contribution >= 0.6 is 0 Å². The van der Waals surface area contributed by atoms with E-state index in [0.29, 0.717) is 43.5 Å². The Hall–Kier alpha value is -6.62. The number of benzene rings is 1. The van der Waals surface area contributed by atoms with Gasteiger partial charge in [-0.25, -0.2) is 4.98 Å². The fourth-order valence-corrected chi connectivity index (χ4v) is 6.89. The molecule has 8 amide bonds. The Morgan fingerprint density at radius 3 is 2.15 bits per heavy atom. The third kappa shape index (κ3) is 19.3. The van der Waals surface area contributed by atoms with Gasteiger partial charge >= 0.3 is 0 Å². The molecule has 1 aliphatic heterocycles. The number of aromatic amines is 1. The molecule has 0 saturated carbocycles. The van der Waals surface area contributed by atoms with E-state index in [0.717, 1.165) is 6.42 Å². The van der Waals surface area contributed by atoms with Gasteiger partial charge in [-0.1, -0.05) is 50.1 Å². The van der Waals surface area contributed by atoms with Crippen molar-refractivity contribution in [1.82, 2.24) is 47.2 Å². The van der Waals surface area contributed by atoms with Gasteiger partial charge in [-0.05, 0) is 63.5 Å². The molecule has 1 aromatic heterocycles. The SMILES string of the molecule is CCCC[C@H](N)C(=O)NC1CCC(=O)NCC[C@@H](C(=O)N[C@@H](CCCCN)C(N)=O)NC(=O)[C@H](CCCN=C(N)N)NC(=O)C(Cc2ccccc2)NC(=O)[C@H](Cc2cnc[nH]2)NC1=O. The number of nitrogens with two attached hydrogens (primary N) is 5. The van der Waals surface area contributed by atoms with Crippen LogP contribution in [0.15, 0.2) is 47.8 Å². The molecule has 1 fully saturated rings. The Kier molecular flexibility index (Phi) is 22.9. The number of imidazole rings is 1. The summed E-state index contributed by atoms with van der Waals surface area (Å²) in [6.07, 6.45) is 5.02. The number of unbranched alkanes of at least 4 members (excludes halogenated alkanes) is 2. The summed E-state index contributed by atoms with van der Waals surface area (Å²) in [6.45, 7) is 2.18.